The van der Waals surface area contributed by atoms with Gasteiger partial charge in [-0.3, -0.25) is 0 Å². The van der Waals surface area contributed by atoms with Gasteiger partial charge in [0.15, 0.2) is 0 Å². The van der Waals surface area contributed by atoms with Gasteiger partial charge >= 0.3 is 0 Å². The van der Waals surface area contributed by atoms with E-state index >= 15 is 0 Å². The summed E-state index contributed by atoms with van der Waals surface area (Å²) in [6, 6.07) is 22.5. The number of unbranched alkanes of at least 4 members (excludes halogenated alkanes) is 1. The number of imidazole rings is 1. The molecule has 0 saturated carbocycles. The standard InChI is InChI=1S/C25H25ClN2O/c1-18-9-14-24(19(2)17-18)29-16-6-5-15-28-23-8-4-3-7-22(23)27-25(28)20-10-12-21(26)13-11-20/h3-4,7-14,17H,5-6,15-16H2,1-2H3. The Labute approximate surface area is 176 Å². The predicted molar refractivity (Wildman–Crippen MR) is 121 cm³/mol. The first kappa shape index (κ1) is 19.5. The highest BCUT2D eigenvalue weighted by Crippen LogP contribution is 2.26. The number of para-hydroxylation sites is 2. The summed E-state index contributed by atoms with van der Waals surface area (Å²) in [5.74, 6) is 1.96. The Morgan fingerprint density at radius 3 is 2.52 bits per heavy atom. The molecule has 4 aromatic rings. The van der Waals surface area contributed by atoms with Crippen LogP contribution in [0.5, 0.6) is 5.75 Å². The maximum absolute atomic E-state index is 6.07. The van der Waals surface area contributed by atoms with Crippen LogP contribution in [-0.4, -0.2) is 16.2 Å². The molecule has 148 valence electrons. The summed E-state index contributed by atoms with van der Waals surface area (Å²) in [7, 11) is 0. The van der Waals surface area contributed by atoms with Gasteiger partial charge in [0.05, 0.1) is 17.6 Å². The molecule has 0 aliphatic carbocycles. The molecule has 0 aliphatic rings. The SMILES string of the molecule is Cc1ccc(OCCCCn2c(-c3ccc(Cl)cc3)nc3ccccc32)c(C)c1. The summed E-state index contributed by atoms with van der Waals surface area (Å²) < 4.78 is 8.29. The molecule has 0 fully saturated rings. The number of rotatable bonds is 7. The van der Waals surface area contributed by atoms with Gasteiger partial charge in [0.1, 0.15) is 11.6 Å². The van der Waals surface area contributed by atoms with Crippen molar-refractivity contribution >= 4 is 22.6 Å². The highest BCUT2D eigenvalue weighted by molar-refractivity contribution is 6.30. The molecule has 0 atom stereocenters. The number of ether oxygens (including phenoxy) is 1. The zero-order valence-corrected chi connectivity index (χ0v) is 17.6. The van der Waals surface area contributed by atoms with Crippen molar-refractivity contribution in [3.05, 3.63) is 82.9 Å². The van der Waals surface area contributed by atoms with E-state index in [2.05, 4.69) is 54.8 Å². The van der Waals surface area contributed by atoms with Crippen molar-refractivity contribution < 1.29 is 4.74 Å². The lowest BCUT2D eigenvalue weighted by Crippen LogP contribution is -2.04. The van der Waals surface area contributed by atoms with E-state index in [0.29, 0.717) is 6.61 Å². The molecule has 1 aromatic heterocycles. The van der Waals surface area contributed by atoms with Crippen molar-refractivity contribution in [2.45, 2.75) is 33.2 Å². The minimum absolute atomic E-state index is 0.715. The monoisotopic (exact) mass is 404 g/mol. The second-order valence-electron chi connectivity index (χ2n) is 7.41. The van der Waals surface area contributed by atoms with Crippen molar-refractivity contribution in [1.82, 2.24) is 9.55 Å². The summed E-state index contributed by atoms with van der Waals surface area (Å²) in [4.78, 5) is 4.87. The van der Waals surface area contributed by atoms with Crippen LogP contribution < -0.4 is 4.74 Å². The average molecular weight is 405 g/mol. The molecule has 29 heavy (non-hydrogen) atoms. The summed E-state index contributed by atoms with van der Waals surface area (Å²) in [5.41, 5.74) is 5.71. The van der Waals surface area contributed by atoms with Gasteiger partial charge in [-0.15, -0.1) is 0 Å². The van der Waals surface area contributed by atoms with Crippen molar-refractivity contribution in [3.63, 3.8) is 0 Å². The third kappa shape index (κ3) is 4.46. The van der Waals surface area contributed by atoms with E-state index in [0.717, 1.165) is 52.6 Å². The Hall–Kier alpha value is -2.78. The fraction of sp³-hybridized carbons (Fsp3) is 0.240. The normalized spacial score (nSPS) is 11.1. The molecular formula is C25H25ClN2O. The molecule has 0 spiro atoms. The second-order valence-corrected chi connectivity index (χ2v) is 7.84. The quantitative estimate of drug-likeness (QED) is 0.315. The van der Waals surface area contributed by atoms with Crippen molar-refractivity contribution in [3.8, 4) is 17.1 Å². The molecule has 3 nitrogen and oxygen atoms in total. The molecule has 3 aromatic carbocycles. The number of hydrogen-bond acceptors (Lipinski definition) is 2. The topological polar surface area (TPSA) is 27.1 Å². The summed E-state index contributed by atoms with van der Waals surface area (Å²) >= 11 is 6.07. The van der Waals surface area contributed by atoms with E-state index in [-0.39, 0.29) is 0 Å². The van der Waals surface area contributed by atoms with Crippen LogP contribution in [0.15, 0.2) is 66.7 Å². The smallest absolute Gasteiger partial charge is 0.141 e. The van der Waals surface area contributed by atoms with Crippen LogP contribution in [0.4, 0.5) is 0 Å². The lowest BCUT2D eigenvalue weighted by molar-refractivity contribution is 0.301. The number of nitrogens with zero attached hydrogens (tertiary/aromatic N) is 2. The molecule has 0 N–H and O–H groups in total. The molecule has 4 rings (SSSR count). The first-order valence-electron chi connectivity index (χ1n) is 10.0. The van der Waals surface area contributed by atoms with Gasteiger partial charge in [-0.2, -0.15) is 0 Å². The van der Waals surface area contributed by atoms with E-state index in [1.54, 1.807) is 0 Å². The van der Waals surface area contributed by atoms with Crippen molar-refractivity contribution in [1.29, 1.82) is 0 Å². The van der Waals surface area contributed by atoms with E-state index in [4.69, 9.17) is 21.3 Å². The molecule has 0 saturated heterocycles. The van der Waals surface area contributed by atoms with Crippen LogP contribution in [0, 0.1) is 13.8 Å². The number of aryl methyl sites for hydroxylation is 3. The Morgan fingerprint density at radius 2 is 1.72 bits per heavy atom. The average Bonchev–Trinajstić information content (AvgIpc) is 3.08. The van der Waals surface area contributed by atoms with Crippen LogP contribution >= 0.6 is 11.6 Å². The molecule has 0 aliphatic heterocycles. The highest BCUT2D eigenvalue weighted by atomic mass is 35.5. The van der Waals surface area contributed by atoms with Gasteiger partial charge in [0, 0.05) is 17.1 Å². The first-order chi connectivity index (χ1) is 14.1. The Kier molecular flexibility index (Phi) is 5.86. The van der Waals surface area contributed by atoms with Gasteiger partial charge < -0.3 is 9.30 Å². The fourth-order valence-electron chi connectivity index (χ4n) is 3.64. The van der Waals surface area contributed by atoms with Gasteiger partial charge in [0.2, 0.25) is 0 Å². The Bertz CT molecular complexity index is 1120. The van der Waals surface area contributed by atoms with Gasteiger partial charge in [-0.25, -0.2) is 4.98 Å². The van der Waals surface area contributed by atoms with Crippen LogP contribution in [0.2, 0.25) is 5.02 Å². The number of hydrogen-bond donors (Lipinski definition) is 0. The molecule has 0 amide bonds. The lowest BCUT2D eigenvalue weighted by atomic mass is 10.1. The highest BCUT2D eigenvalue weighted by Gasteiger charge is 2.12. The lowest BCUT2D eigenvalue weighted by Gasteiger charge is -2.12. The zero-order chi connectivity index (χ0) is 20.2. The minimum Gasteiger partial charge on any atom is -0.493 e. The maximum Gasteiger partial charge on any atom is 0.141 e. The maximum atomic E-state index is 6.07. The number of aromatic nitrogens is 2. The Balaban J connectivity index is 1.46. The van der Waals surface area contributed by atoms with E-state index < -0.39 is 0 Å². The van der Waals surface area contributed by atoms with Crippen LogP contribution in [0.3, 0.4) is 0 Å². The second kappa shape index (κ2) is 8.71. The van der Waals surface area contributed by atoms with Crippen molar-refractivity contribution in [2.75, 3.05) is 6.61 Å². The van der Waals surface area contributed by atoms with Crippen LogP contribution in [0.25, 0.3) is 22.4 Å². The summed E-state index contributed by atoms with van der Waals surface area (Å²) in [6.07, 6.45) is 2.01. The first-order valence-corrected chi connectivity index (χ1v) is 10.4. The largest absolute Gasteiger partial charge is 0.493 e. The van der Waals surface area contributed by atoms with Gasteiger partial charge in [0.25, 0.3) is 0 Å². The number of fused-ring (bicyclic) bond motifs is 1. The van der Waals surface area contributed by atoms with Crippen LogP contribution in [0.1, 0.15) is 24.0 Å². The van der Waals surface area contributed by atoms with Crippen molar-refractivity contribution in [2.24, 2.45) is 0 Å². The van der Waals surface area contributed by atoms with E-state index in [9.17, 15) is 0 Å². The third-order valence-corrected chi connectivity index (χ3v) is 5.37. The van der Waals surface area contributed by atoms with Crippen LogP contribution in [-0.2, 0) is 6.54 Å². The number of benzene rings is 3. The third-order valence-electron chi connectivity index (χ3n) is 5.12. The molecule has 4 heteroatoms. The zero-order valence-electron chi connectivity index (χ0n) is 16.9. The summed E-state index contributed by atoms with van der Waals surface area (Å²) in [6.45, 7) is 5.81. The fourth-order valence-corrected chi connectivity index (χ4v) is 3.76. The molecule has 0 radical (unpaired) electrons. The molecule has 1 heterocycles. The minimum atomic E-state index is 0.715. The van der Waals surface area contributed by atoms with Gasteiger partial charge in [-0.1, -0.05) is 41.4 Å². The molecule has 0 bridgehead atoms. The van der Waals surface area contributed by atoms with E-state index in [1.807, 2.05) is 30.3 Å². The molecular weight excluding hydrogens is 380 g/mol. The van der Waals surface area contributed by atoms with Gasteiger partial charge in [-0.05, 0) is 74.7 Å². The predicted octanol–water partition coefficient (Wildman–Crippen LogP) is 6.83. The number of halogens is 1. The summed E-state index contributed by atoms with van der Waals surface area (Å²) in [5, 5.41) is 0.736. The van der Waals surface area contributed by atoms with E-state index in [1.165, 1.54) is 11.1 Å². The Morgan fingerprint density at radius 1 is 0.931 bits per heavy atom. The molecule has 0 unspecified atom stereocenters.